The van der Waals surface area contributed by atoms with Crippen LogP contribution in [0.15, 0.2) is 82.7 Å². The van der Waals surface area contributed by atoms with Gasteiger partial charge in [-0.1, -0.05) is 49.6 Å². The second kappa shape index (κ2) is 10.4. The second-order valence-electron chi connectivity index (χ2n) is 10.3. The van der Waals surface area contributed by atoms with Crippen molar-refractivity contribution in [1.82, 2.24) is 9.55 Å². The van der Waals surface area contributed by atoms with Gasteiger partial charge in [-0.3, -0.25) is 4.79 Å². The van der Waals surface area contributed by atoms with Gasteiger partial charge in [-0.15, -0.1) is 0 Å². The van der Waals surface area contributed by atoms with Gasteiger partial charge in [0, 0.05) is 17.0 Å². The first-order chi connectivity index (χ1) is 19.1. The highest BCUT2D eigenvalue weighted by molar-refractivity contribution is 5.80. The first kappa shape index (κ1) is 24.9. The molecule has 1 aromatic heterocycles. The van der Waals surface area contributed by atoms with E-state index < -0.39 is 0 Å². The van der Waals surface area contributed by atoms with Gasteiger partial charge in [0.25, 0.3) is 5.56 Å². The zero-order chi connectivity index (χ0) is 26.8. The monoisotopic (exact) mass is 520 g/mol. The van der Waals surface area contributed by atoms with Crippen LogP contribution in [0, 0.1) is 0 Å². The Morgan fingerprint density at radius 1 is 0.923 bits per heavy atom. The molecular formula is C32H32N4O3. The maximum Gasteiger partial charge on any atom is 0.263 e. The van der Waals surface area contributed by atoms with Crippen molar-refractivity contribution in [3.8, 4) is 28.4 Å². The Balaban J connectivity index is 1.53. The molecule has 0 unspecified atom stereocenters. The van der Waals surface area contributed by atoms with Gasteiger partial charge in [-0.05, 0) is 66.8 Å². The van der Waals surface area contributed by atoms with Gasteiger partial charge in [0.05, 0.1) is 37.4 Å². The lowest BCUT2D eigenvalue weighted by Crippen LogP contribution is -2.42. The molecule has 0 aliphatic heterocycles. The fourth-order valence-corrected chi connectivity index (χ4v) is 6.13. The highest BCUT2D eigenvalue weighted by atomic mass is 16.5. The molecular weight excluding hydrogens is 488 g/mol. The number of methoxy groups -OCH3 is 2. The van der Waals surface area contributed by atoms with Crippen molar-refractivity contribution in [2.24, 2.45) is 5.10 Å². The number of hydrogen-bond donors (Lipinski definition) is 1. The smallest absolute Gasteiger partial charge is 0.263 e. The Morgan fingerprint density at radius 2 is 1.69 bits per heavy atom. The molecule has 0 bridgehead atoms. The van der Waals surface area contributed by atoms with E-state index in [0.717, 1.165) is 60.2 Å². The third-order valence-corrected chi connectivity index (χ3v) is 8.03. The predicted octanol–water partition coefficient (Wildman–Crippen LogP) is 6.12. The lowest BCUT2D eigenvalue weighted by Gasteiger charge is -2.42. The van der Waals surface area contributed by atoms with Crippen LogP contribution in [-0.4, -0.2) is 30.0 Å². The third kappa shape index (κ3) is 4.58. The highest BCUT2D eigenvalue weighted by Crippen LogP contribution is 2.48. The van der Waals surface area contributed by atoms with Gasteiger partial charge in [-0.2, -0.15) is 5.10 Å². The van der Waals surface area contributed by atoms with Gasteiger partial charge < -0.3 is 9.47 Å². The van der Waals surface area contributed by atoms with E-state index >= 15 is 0 Å². The molecule has 1 spiro atoms. The third-order valence-electron chi connectivity index (χ3n) is 8.03. The minimum Gasteiger partial charge on any atom is -0.497 e. The van der Waals surface area contributed by atoms with E-state index in [1.54, 1.807) is 25.0 Å². The first-order valence-corrected chi connectivity index (χ1v) is 13.5. The average molecular weight is 521 g/mol. The van der Waals surface area contributed by atoms with E-state index in [1.165, 1.54) is 12.0 Å². The Kier molecular flexibility index (Phi) is 6.65. The summed E-state index contributed by atoms with van der Waals surface area (Å²) in [5.74, 6) is 1.81. The van der Waals surface area contributed by atoms with Crippen LogP contribution in [0.1, 0.15) is 48.8 Å². The zero-order valence-electron chi connectivity index (χ0n) is 22.3. The van der Waals surface area contributed by atoms with Gasteiger partial charge in [0.15, 0.2) is 0 Å². The van der Waals surface area contributed by atoms with Crippen LogP contribution in [0.2, 0.25) is 0 Å². The molecule has 198 valence electrons. The molecule has 1 heterocycles. The van der Waals surface area contributed by atoms with Crippen LogP contribution in [0.4, 0.5) is 5.95 Å². The van der Waals surface area contributed by atoms with E-state index in [1.807, 2.05) is 54.6 Å². The van der Waals surface area contributed by atoms with Gasteiger partial charge in [0.1, 0.15) is 11.5 Å². The van der Waals surface area contributed by atoms with E-state index in [9.17, 15) is 4.79 Å². The quantitative estimate of drug-likeness (QED) is 0.245. The summed E-state index contributed by atoms with van der Waals surface area (Å²) in [7, 11) is 3.26. The van der Waals surface area contributed by atoms with Crippen LogP contribution < -0.4 is 20.5 Å². The van der Waals surface area contributed by atoms with Crippen molar-refractivity contribution in [3.05, 3.63) is 99.8 Å². The lowest BCUT2D eigenvalue weighted by atomic mass is 9.62. The molecule has 1 N–H and O–H groups in total. The molecule has 0 radical (unpaired) electrons. The van der Waals surface area contributed by atoms with E-state index in [4.69, 9.17) is 14.5 Å². The van der Waals surface area contributed by atoms with Crippen LogP contribution in [0.25, 0.3) is 16.9 Å². The fraction of sp³-hybridized carbons (Fsp3) is 0.281. The normalized spacial score (nSPS) is 15.5. The van der Waals surface area contributed by atoms with Crippen molar-refractivity contribution in [3.63, 3.8) is 0 Å². The number of fused-ring (bicyclic) bond motifs is 4. The number of hydrogen-bond acceptors (Lipinski definition) is 6. The summed E-state index contributed by atoms with van der Waals surface area (Å²) >= 11 is 0. The van der Waals surface area contributed by atoms with Crippen LogP contribution in [-0.2, 0) is 11.8 Å². The molecule has 3 aromatic carbocycles. The number of benzene rings is 3. The van der Waals surface area contributed by atoms with Crippen molar-refractivity contribution >= 4 is 12.2 Å². The number of rotatable bonds is 6. The number of anilines is 1. The van der Waals surface area contributed by atoms with Crippen molar-refractivity contribution in [2.75, 3.05) is 19.6 Å². The van der Waals surface area contributed by atoms with E-state index in [-0.39, 0.29) is 11.0 Å². The van der Waals surface area contributed by atoms with Gasteiger partial charge in [-0.25, -0.2) is 15.0 Å². The first-order valence-electron chi connectivity index (χ1n) is 13.5. The standard InChI is InChI=1S/C32H32N4O3/c1-38-25-15-13-22(14-16-25)21-33-35-31-34-29-27-12-5-4-9-23(27)20-32(17-6-3-7-18-32)28(29)30(37)36(31)24-10-8-11-26(19-24)39-2/h4-5,8-16,19,21H,3,6-7,17-18,20H2,1-2H3,(H,34,35). The van der Waals surface area contributed by atoms with Crippen LogP contribution in [0.3, 0.4) is 0 Å². The topological polar surface area (TPSA) is 77.7 Å². The maximum absolute atomic E-state index is 14.6. The number of nitrogens with zero attached hydrogens (tertiary/aromatic N) is 3. The molecule has 0 amide bonds. The molecule has 6 rings (SSSR count). The van der Waals surface area contributed by atoms with E-state index in [2.05, 4.69) is 28.7 Å². The van der Waals surface area contributed by atoms with Crippen LogP contribution in [0.5, 0.6) is 11.5 Å². The fourth-order valence-electron chi connectivity index (χ4n) is 6.13. The summed E-state index contributed by atoms with van der Waals surface area (Å²) < 4.78 is 12.4. The summed E-state index contributed by atoms with van der Waals surface area (Å²) in [6.07, 6.45) is 8.00. The number of hydrazone groups is 1. The molecule has 39 heavy (non-hydrogen) atoms. The summed E-state index contributed by atoms with van der Waals surface area (Å²) in [6.45, 7) is 0. The lowest BCUT2D eigenvalue weighted by molar-refractivity contribution is 0.284. The summed E-state index contributed by atoms with van der Waals surface area (Å²) in [6, 6.07) is 23.5. The van der Waals surface area contributed by atoms with Crippen LogP contribution >= 0.6 is 0 Å². The number of aromatic nitrogens is 2. The zero-order valence-corrected chi connectivity index (χ0v) is 22.3. The Hall–Kier alpha value is -4.39. The molecule has 2 aliphatic carbocycles. The molecule has 1 saturated carbocycles. The van der Waals surface area contributed by atoms with Crippen molar-refractivity contribution in [1.29, 1.82) is 0 Å². The molecule has 2 aliphatic rings. The minimum absolute atomic E-state index is 0.0493. The predicted molar refractivity (Wildman–Crippen MR) is 154 cm³/mol. The van der Waals surface area contributed by atoms with Gasteiger partial charge >= 0.3 is 0 Å². The van der Waals surface area contributed by atoms with Crippen molar-refractivity contribution < 1.29 is 9.47 Å². The SMILES string of the molecule is COc1ccc(C=NNc2nc3c(c(=O)n2-c2cccc(OC)c2)C2(CCCCC2)Cc2ccccc2-3)cc1. The number of ether oxygens (including phenoxy) is 2. The Morgan fingerprint density at radius 3 is 2.46 bits per heavy atom. The molecule has 7 heteroatoms. The summed E-state index contributed by atoms with van der Waals surface area (Å²) in [4.78, 5) is 19.7. The Bertz CT molecular complexity index is 1580. The molecule has 7 nitrogen and oxygen atoms in total. The summed E-state index contributed by atoms with van der Waals surface area (Å²) in [5, 5.41) is 4.48. The molecule has 1 fully saturated rings. The summed E-state index contributed by atoms with van der Waals surface area (Å²) in [5.41, 5.74) is 8.28. The molecule has 0 saturated heterocycles. The molecule has 4 aromatic rings. The number of nitrogens with one attached hydrogen (secondary N) is 1. The highest BCUT2D eigenvalue weighted by Gasteiger charge is 2.43. The average Bonchev–Trinajstić information content (AvgIpc) is 2.98. The molecule has 0 atom stereocenters. The maximum atomic E-state index is 14.6. The van der Waals surface area contributed by atoms with Gasteiger partial charge in [0.2, 0.25) is 5.95 Å². The minimum atomic E-state index is -0.211. The largest absolute Gasteiger partial charge is 0.497 e. The van der Waals surface area contributed by atoms with E-state index in [0.29, 0.717) is 17.4 Å². The Labute approximate surface area is 228 Å². The van der Waals surface area contributed by atoms with Crippen molar-refractivity contribution in [2.45, 2.75) is 43.9 Å². The second-order valence-corrected chi connectivity index (χ2v) is 10.3.